The first-order valence-corrected chi connectivity index (χ1v) is 8.61. The summed E-state index contributed by atoms with van der Waals surface area (Å²) in [6.07, 6.45) is 2.02. The number of hydrogen-bond donors (Lipinski definition) is 2. The van der Waals surface area contributed by atoms with Crippen LogP contribution in [0.1, 0.15) is 32.3 Å². The molecule has 0 bridgehead atoms. The molecule has 0 heterocycles. The lowest BCUT2D eigenvalue weighted by atomic mass is 10.2. The number of ether oxygens (including phenoxy) is 1. The van der Waals surface area contributed by atoms with Gasteiger partial charge < -0.3 is 15.4 Å². The largest absolute Gasteiger partial charge is 0.481 e. The van der Waals surface area contributed by atoms with Gasteiger partial charge >= 0.3 is 0 Å². The Morgan fingerprint density at radius 1 is 1.33 bits per heavy atom. The number of carbonyl (C=O) groups is 1. The summed E-state index contributed by atoms with van der Waals surface area (Å²) in [4.78, 5) is 11.8. The van der Waals surface area contributed by atoms with Crippen LogP contribution in [-0.4, -0.2) is 25.6 Å². The second kappa shape index (κ2) is 9.43. The van der Waals surface area contributed by atoms with Gasteiger partial charge in [0.1, 0.15) is 5.75 Å². The first kappa shape index (κ1) is 18.5. The van der Waals surface area contributed by atoms with Gasteiger partial charge in [0.05, 0.1) is 8.95 Å². The topological polar surface area (TPSA) is 50.4 Å². The second-order valence-electron chi connectivity index (χ2n) is 4.96. The molecule has 2 N–H and O–H groups in total. The van der Waals surface area contributed by atoms with Crippen molar-refractivity contribution in [3.8, 4) is 5.75 Å². The first-order chi connectivity index (χ1) is 9.97. The molecule has 0 aliphatic rings. The Morgan fingerprint density at radius 2 is 1.95 bits per heavy atom. The van der Waals surface area contributed by atoms with Crippen LogP contribution < -0.4 is 15.4 Å². The quantitative estimate of drug-likeness (QED) is 0.673. The summed E-state index contributed by atoms with van der Waals surface area (Å²) >= 11 is 6.96. The second-order valence-corrected chi connectivity index (χ2v) is 6.67. The van der Waals surface area contributed by atoms with Crippen LogP contribution in [0.5, 0.6) is 5.75 Å². The lowest BCUT2D eigenvalue weighted by Gasteiger charge is -2.15. The van der Waals surface area contributed by atoms with Gasteiger partial charge in [-0.25, -0.2) is 0 Å². The van der Waals surface area contributed by atoms with Gasteiger partial charge in [0.25, 0.3) is 5.91 Å². The van der Waals surface area contributed by atoms with Crippen LogP contribution in [-0.2, 0) is 11.3 Å². The van der Waals surface area contributed by atoms with E-state index in [4.69, 9.17) is 4.74 Å². The van der Waals surface area contributed by atoms with Crippen LogP contribution in [0.15, 0.2) is 21.1 Å². The molecule has 0 radical (unpaired) electrons. The van der Waals surface area contributed by atoms with Gasteiger partial charge in [-0.1, -0.05) is 13.3 Å². The van der Waals surface area contributed by atoms with Crippen LogP contribution in [0.3, 0.4) is 0 Å². The molecule has 0 saturated heterocycles. The van der Waals surface area contributed by atoms with E-state index in [0.717, 1.165) is 33.9 Å². The highest BCUT2D eigenvalue weighted by molar-refractivity contribution is 9.11. The van der Waals surface area contributed by atoms with Crippen LogP contribution in [0.2, 0.25) is 0 Å². The molecule has 1 amide bonds. The maximum Gasteiger partial charge on any atom is 0.258 e. The zero-order valence-electron chi connectivity index (χ0n) is 12.6. The minimum atomic E-state index is -0.103. The predicted octanol–water partition coefficient (Wildman–Crippen LogP) is 3.61. The Balaban J connectivity index is 2.61. The number of carbonyl (C=O) groups excluding carboxylic acids is 1. The maximum absolute atomic E-state index is 11.8. The van der Waals surface area contributed by atoms with Crippen LogP contribution in [0, 0.1) is 0 Å². The fourth-order valence-corrected chi connectivity index (χ4v) is 3.53. The van der Waals surface area contributed by atoms with E-state index in [-0.39, 0.29) is 18.6 Å². The number of nitrogens with one attached hydrogen (secondary N) is 2. The zero-order chi connectivity index (χ0) is 15.8. The number of rotatable bonds is 8. The number of benzene rings is 1. The normalized spacial score (nSPS) is 12.0. The van der Waals surface area contributed by atoms with Crippen molar-refractivity contribution in [2.24, 2.45) is 0 Å². The van der Waals surface area contributed by atoms with Gasteiger partial charge in [-0.3, -0.25) is 4.79 Å². The molecule has 1 aromatic rings. The number of amides is 1. The van der Waals surface area contributed by atoms with Crippen LogP contribution in [0.4, 0.5) is 0 Å². The molecule has 1 unspecified atom stereocenters. The Kier molecular flexibility index (Phi) is 8.29. The summed E-state index contributed by atoms with van der Waals surface area (Å²) in [5, 5.41) is 6.01. The summed E-state index contributed by atoms with van der Waals surface area (Å²) in [7, 11) is 1.90. The van der Waals surface area contributed by atoms with E-state index in [1.807, 2.05) is 26.1 Å². The summed E-state index contributed by atoms with van der Waals surface area (Å²) < 4.78 is 7.28. The molecule has 1 atom stereocenters. The van der Waals surface area contributed by atoms with Crippen molar-refractivity contribution < 1.29 is 9.53 Å². The summed E-state index contributed by atoms with van der Waals surface area (Å²) in [6.45, 7) is 4.88. The fourth-order valence-electron chi connectivity index (χ4n) is 2.02. The van der Waals surface area contributed by atoms with Crippen molar-refractivity contribution in [1.82, 2.24) is 10.6 Å². The molecule has 0 spiro atoms. The molecule has 21 heavy (non-hydrogen) atoms. The van der Waals surface area contributed by atoms with E-state index >= 15 is 0 Å². The minimum Gasteiger partial charge on any atom is -0.481 e. The first-order valence-electron chi connectivity index (χ1n) is 7.02. The molecular formula is C15H22Br2N2O2. The Bertz CT molecular complexity index is 458. The molecule has 6 heteroatoms. The third-order valence-electron chi connectivity index (χ3n) is 2.92. The third kappa shape index (κ3) is 6.36. The molecule has 1 aromatic carbocycles. The SMILES string of the molecule is CCCC(C)NC(=O)COc1c(Br)cc(CNC)cc1Br. The van der Waals surface area contributed by atoms with Crippen molar-refractivity contribution in [3.05, 3.63) is 26.6 Å². The highest BCUT2D eigenvalue weighted by Gasteiger charge is 2.12. The minimum absolute atomic E-state index is 0.0105. The van der Waals surface area contributed by atoms with E-state index < -0.39 is 0 Å². The van der Waals surface area contributed by atoms with Gasteiger partial charge in [0.2, 0.25) is 0 Å². The Hall–Kier alpha value is -0.590. The maximum atomic E-state index is 11.8. The summed E-state index contributed by atoms with van der Waals surface area (Å²) in [5.41, 5.74) is 1.13. The van der Waals surface area contributed by atoms with Gasteiger partial charge in [-0.15, -0.1) is 0 Å². The lowest BCUT2D eigenvalue weighted by molar-refractivity contribution is -0.123. The van der Waals surface area contributed by atoms with Gasteiger partial charge in [0, 0.05) is 12.6 Å². The molecule has 118 valence electrons. The average molecular weight is 422 g/mol. The molecule has 0 aliphatic heterocycles. The highest BCUT2D eigenvalue weighted by Crippen LogP contribution is 2.34. The van der Waals surface area contributed by atoms with E-state index in [0.29, 0.717) is 5.75 Å². The monoisotopic (exact) mass is 420 g/mol. The Morgan fingerprint density at radius 3 is 2.48 bits per heavy atom. The lowest BCUT2D eigenvalue weighted by Crippen LogP contribution is -2.36. The van der Waals surface area contributed by atoms with Gasteiger partial charge in [-0.2, -0.15) is 0 Å². The Labute approximate surface area is 143 Å². The smallest absolute Gasteiger partial charge is 0.258 e. The zero-order valence-corrected chi connectivity index (χ0v) is 15.8. The van der Waals surface area contributed by atoms with Crippen molar-refractivity contribution in [1.29, 1.82) is 0 Å². The molecule has 0 saturated carbocycles. The van der Waals surface area contributed by atoms with Crippen molar-refractivity contribution >= 4 is 37.8 Å². The van der Waals surface area contributed by atoms with Crippen LogP contribution in [0.25, 0.3) is 0 Å². The van der Waals surface area contributed by atoms with Gasteiger partial charge in [0.15, 0.2) is 6.61 Å². The van der Waals surface area contributed by atoms with E-state index in [1.54, 1.807) is 0 Å². The molecule has 0 aliphatic carbocycles. The highest BCUT2D eigenvalue weighted by atomic mass is 79.9. The fraction of sp³-hybridized carbons (Fsp3) is 0.533. The summed E-state index contributed by atoms with van der Waals surface area (Å²) in [5.74, 6) is 0.544. The van der Waals surface area contributed by atoms with E-state index in [2.05, 4.69) is 49.4 Å². The average Bonchev–Trinajstić information content (AvgIpc) is 2.38. The summed E-state index contributed by atoms with van der Waals surface area (Å²) in [6, 6.07) is 4.14. The standard InChI is InChI=1S/C15H22Br2N2O2/c1-4-5-10(2)19-14(20)9-21-15-12(16)6-11(8-18-3)7-13(15)17/h6-7,10,18H,4-5,8-9H2,1-3H3,(H,19,20). The van der Waals surface area contributed by atoms with Gasteiger partial charge in [-0.05, 0) is 69.9 Å². The molecule has 0 fully saturated rings. The molecule has 4 nitrogen and oxygen atoms in total. The third-order valence-corrected chi connectivity index (χ3v) is 4.09. The van der Waals surface area contributed by atoms with Crippen molar-refractivity contribution in [2.75, 3.05) is 13.7 Å². The van der Waals surface area contributed by atoms with Crippen molar-refractivity contribution in [2.45, 2.75) is 39.3 Å². The van der Waals surface area contributed by atoms with Crippen LogP contribution >= 0.6 is 31.9 Å². The van der Waals surface area contributed by atoms with E-state index in [1.165, 1.54) is 0 Å². The number of halogens is 2. The molecular weight excluding hydrogens is 400 g/mol. The number of hydrogen-bond acceptors (Lipinski definition) is 3. The van der Waals surface area contributed by atoms with E-state index in [9.17, 15) is 4.79 Å². The van der Waals surface area contributed by atoms with Crippen molar-refractivity contribution in [3.63, 3.8) is 0 Å². The predicted molar refractivity (Wildman–Crippen MR) is 92.6 cm³/mol. The molecule has 0 aromatic heterocycles. The molecule has 1 rings (SSSR count).